The van der Waals surface area contributed by atoms with E-state index in [1.165, 1.54) is 25.7 Å². The van der Waals surface area contributed by atoms with Gasteiger partial charge in [-0.3, -0.25) is 0 Å². The lowest BCUT2D eigenvalue weighted by molar-refractivity contribution is 0.0663. The number of hydrogen-bond acceptors (Lipinski definition) is 4. The summed E-state index contributed by atoms with van der Waals surface area (Å²) in [5, 5.41) is 19.0. The third-order valence-electron chi connectivity index (χ3n) is 3.71. The van der Waals surface area contributed by atoms with E-state index in [-0.39, 0.29) is 18.1 Å². The molecule has 0 aliphatic heterocycles. The average Bonchev–Trinajstić information content (AvgIpc) is 2.90. The highest BCUT2D eigenvalue weighted by atomic mass is 16.5. The number of aliphatic hydroxyl groups is 1. The number of carbonyl (C=O) groups is 1. The number of ether oxygens (including phenoxy) is 1. The third kappa shape index (κ3) is 3.93. The van der Waals surface area contributed by atoms with Crippen LogP contribution in [0, 0.1) is 12.8 Å². The van der Waals surface area contributed by atoms with E-state index in [4.69, 9.17) is 9.84 Å². The van der Waals surface area contributed by atoms with E-state index in [1.807, 2.05) is 0 Å². The van der Waals surface area contributed by atoms with Crippen LogP contribution in [-0.2, 0) is 0 Å². The highest BCUT2D eigenvalue weighted by Gasteiger charge is 2.20. The zero-order chi connectivity index (χ0) is 14.5. The quantitative estimate of drug-likeness (QED) is 0.836. The van der Waals surface area contributed by atoms with E-state index in [0.717, 1.165) is 6.42 Å². The van der Waals surface area contributed by atoms with Crippen LogP contribution in [-0.4, -0.2) is 33.9 Å². The minimum Gasteiger partial charge on any atom is -0.488 e. The number of aryl methyl sites for hydroxylation is 1. The van der Waals surface area contributed by atoms with Crippen LogP contribution in [0.2, 0.25) is 0 Å². The highest BCUT2D eigenvalue weighted by Crippen LogP contribution is 2.28. The van der Waals surface area contributed by atoms with E-state index in [0.29, 0.717) is 11.6 Å². The van der Waals surface area contributed by atoms with Gasteiger partial charge in [0, 0.05) is 5.69 Å². The molecule has 1 fully saturated rings. The van der Waals surface area contributed by atoms with Crippen molar-refractivity contribution in [1.29, 1.82) is 0 Å². The molecule has 0 amide bonds. The summed E-state index contributed by atoms with van der Waals surface area (Å²) in [7, 11) is 0. The first kappa shape index (κ1) is 14.8. The molecular formula is C15H21NO4. The van der Waals surface area contributed by atoms with Crippen LogP contribution in [0.15, 0.2) is 12.1 Å². The molecule has 1 saturated carbocycles. The summed E-state index contributed by atoms with van der Waals surface area (Å²) in [5.41, 5.74) is 0.527. The fourth-order valence-electron chi connectivity index (χ4n) is 2.70. The van der Waals surface area contributed by atoms with E-state index < -0.39 is 12.1 Å². The lowest BCUT2D eigenvalue weighted by Gasteiger charge is -2.16. The zero-order valence-corrected chi connectivity index (χ0v) is 11.7. The molecule has 2 N–H and O–H groups in total. The molecule has 0 aromatic carbocycles. The van der Waals surface area contributed by atoms with Gasteiger partial charge in [0.2, 0.25) is 0 Å². The standard InChI is InChI=1S/C15H21NO4/c1-10-6-7-13(14(16-10)15(18)19)20-9-12(17)8-11-4-2-3-5-11/h6-7,11-12,17H,2-5,8-9H2,1H3,(H,18,19). The molecule has 0 radical (unpaired) electrons. The summed E-state index contributed by atoms with van der Waals surface area (Å²) in [6.07, 6.45) is 4.99. The number of pyridine rings is 1. The molecule has 5 heteroatoms. The van der Waals surface area contributed by atoms with Gasteiger partial charge in [-0.15, -0.1) is 0 Å². The maximum atomic E-state index is 11.1. The molecule has 1 unspecified atom stereocenters. The van der Waals surface area contributed by atoms with Crippen LogP contribution in [0.25, 0.3) is 0 Å². The van der Waals surface area contributed by atoms with Crippen LogP contribution in [0.5, 0.6) is 5.75 Å². The molecule has 20 heavy (non-hydrogen) atoms. The molecule has 1 heterocycles. The number of hydrogen-bond donors (Lipinski definition) is 2. The molecular weight excluding hydrogens is 258 g/mol. The summed E-state index contributed by atoms with van der Waals surface area (Å²) >= 11 is 0. The van der Waals surface area contributed by atoms with Crippen LogP contribution < -0.4 is 4.74 Å². The van der Waals surface area contributed by atoms with E-state index in [2.05, 4.69) is 4.98 Å². The van der Waals surface area contributed by atoms with Crippen LogP contribution in [0.1, 0.15) is 48.3 Å². The van der Waals surface area contributed by atoms with Gasteiger partial charge in [0.15, 0.2) is 11.4 Å². The summed E-state index contributed by atoms with van der Waals surface area (Å²) in [5.74, 6) is -0.328. The van der Waals surface area contributed by atoms with E-state index in [1.54, 1.807) is 19.1 Å². The van der Waals surface area contributed by atoms with Crippen molar-refractivity contribution in [2.45, 2.75) is 45.1 Å². The Bertz CT molecular complexity index is 469. The van der Waals surface area contributed by atoms with Crippen LogP contribution >= 0.6 is 0 Å². The summed E-state index contributed by atoms with van der Waals surface area (Å²) < 4.78 is 5.43. The second-order valence-electron chi connectivity index (χ2n) is 5.46. The van der Waals surface area contributed by atoms with Gasteiger partial charge >= 0.3 is 5.97 Å². The monoisotopic (exact) mass is 279 g/mol. The van der Waals surface area contributed by atoms with Crippen molar-refractivity contribution in [3.63, 3.8) is 0 Å². The Balaban J connectivity index is 1.91. The smallest absolute Gasteiger partial charge is 0.358 e. The van der Waals surface area contributed by atoms with Crippen LogP contribution in [0.4, 0.5) is 0 Å². The van der Waals surface area contributed by atoms with Crippen molar-refractivity contribution in [2.24, 2.45) is 5.92 Å². The van der Waals surface area contributed by atoms with Gasteiger partial charge in [-0.2, -0.15) is 0 Å². The van der Waals surface area contributed by atoms with Crippen LogP contribution in [0.3, 0.4) is 0 Å². The van der Waals surface area contributed by atoms with E-state index >= 15 is 0 Å². The average molecular weight is 279 g/mol. The minimum absolute atomic E-state index is 0.0990. The van der Waals surface area contributed by atoms with Gasteiger partial charge in [0.25, 0.3) is 0 Å². The first-order valence-electron chi connectivity index (χ1n) is 7.08. The number of aromatic nitrogens is 1. The molecule has 110 valence electrons. The first-order chi connectivity index (χ1) is 9.56. The normalized spacial score (nSPS) is 17.1. The Kier molecular flexibility index (Phi) is 4.95. The Morgan fingerprint density at radius 3 is 2.80 bits per heavy atom. The van der Waals surface area contributed by atoms with Crippen molar-refractivity contribution in [2.75, 3.05) is 6.61 Å². The lowest BCUT2D eigenvalue weighted by atomic mass is 10.0. The molecule has 5 nitrogen and oxygen atoms in total. The van der Waals surface area contributed by atoms with E-state index in [9.17, 15) is 9.90 Å². The minimum atomic E-state index is -1.12. The predicted octanol–water partition coefficient (Wildman–Crippen LogP) is 2.41. The number of carboxylic acids is 1. The number of aromatic carboxylic acids is 1. The maximum absolute atomic E-state index is 11.1. The van der Waals surface area contributed by atoms with Gasteiger partial charge in [0.1, 0.15) is 6.61 Å². The van der Waals surface area contributed by atoms with Gasteiger partial charge in [-0.25, -0.2) is 9.78 Å². The number of carboxylic acid groups (broad SMARTS) is 1. The maximum Gasteiger partial charge on any atom is 0.358 e. The Labute approximate surface area is 118 Å². The summed E-state index contributed by atoms with van der Waals surface area (Å²) in [6.45, 7) is 1.84. The summed E-state index contributed by atoms with van der Waals surface area (Å²) in [6, 6.07) is 3.29. The molecule has 0 saturated heterocycles. The number of nitrogens with zero attached hydrogens (tertiary/aromatic N) is 1. The second kappa shape index (κ2) is 6.70. The third-order valence-corrected chi connectivity index (χ3v) is 3.71. The number of aliphatic hydroxyl groups excluding tert-OH is 1. The van der Waals surface area contributed by atoms with Gasteiger partial charge in [-0.1, -0.05) is 25.7 Å². The topological polar surface area (TPSA) is 79.7 Å². The fourth-order valence-corrected chi connectivity index (χ4v) is 2.70. The lowest BCUT2D eigenvalue weighted by Crippen LogP contribution is -2.21. The predicted molar refractivity (Wildman–Crippen MR) is 74.0 cm³/mol. The van der Waals surface area contributed by atoms with Crippen molar-refractivity contribution < 1.29 is 19.7 Å². The molecule has 1 aliphatic rings. The van der Waals surface area contributed by atoms with Crippen molar-refractivity contribution in [3.8, 4) is 5.75 Å². The van der Waals surface area contributed by atoms with Gasteiger partial charge < -0.3 is 14.9 Å². The first-order valence-corrected chi connectivity index (χ1v) is 7.08. The summed E-state index contributed by atoms with van der Waals surface area (Å²) in [4.78, 5) is 15.0. The van der Waals surface area contributed by atoms with Crippen molar-refractivity contribution in [1.82, 2.24) is 4.98 Å². The molecule has 1 aromatic heterocycles. The molecule has 2 rings (SSSR count). The molecule has 1 aliphatic carbocycles. The molecule has 1 aromatic rings. The SMILES string of the molecule is Cc1ccc(OCC(O)CC2CCCC2)c(C(=O)O)n1. The second-order valence-corrected chi connectivity index (χ2v) is 5.46. The highest BCUT2D eigenvalue weighted by molar-refractivity contribution is 5.88. The Hall–Kier alpha value is -1.62. The molecule has 0 spiro atoms. The van der Waals surface area contributed by atoms with Crippen molar-refractivity contribution in [3.05, 3.63) is 23.5 Å². The van der Waals surface area contributed by atoms with Gasteiger partial charge in [-0.05, 0) is 31.4 Å². The fraction of sp³-hybridized carbons (Fsp3) is 0.600. The van der Waals surface area contributed by atoms with Crippen molar-refractivity contribution >= 4 is 5.97 Å². The molecule has 1 atom stereocenters. The van der Waals surface area contributed by atoms with Gasteiger partial charge in [0.05, 0.1) is 6.10 Å². The molecule has 0 bridgehead atoms. The Morgan fingerprint density at radius 2 is 2.15 bits per heavy atom. The zero-order valence-electron chi connectivity index (χ0n) is 11.7. The largest absolute Gasteiger partial charge is 0.488 e. The number of rotatable bonds is 6. The Morgan fingerprint density at radius 1 is 1.45 bits per heavy atom.